The zero-order chi connectivity index (χ0) is 15.5. The molecule has 0 aliphatic heterocycles. The third-order valence-corrected chi connectivity index (χ3v) is 4.31. The van der Waals surface area contributed by atoms with Crippen LogP contribution in [-0.4, -0.2) is 33.2 Å². The molecule has 1 amide bonds. The first kappa shape index (κ1) is 14.8. The fourth-order valence-corrected chi connectivity index (χ4v) is 2.84. The Balaban J connectivity index is 1.68. The Morgan fingerprint density at radius 2 is 2.27 bits per heavy atom. The monoisotopic (exact) mass is 320 g/mol. The van der Waals surface area contributed by atoms with Crippen LogP contribution in [0.2, 0.25) is 5.02 Å². The minimum Gasteiger partial charge on any atom is -0.485 e. The third kappa shape index (κ3) is 3.06. The van der Waals surface area contributed by atoms with E-state index in [-0.39, 0.29) is 18.1 Å². The number of hydrogen-bond acceptors (Lipinski definition) is 4. The van der Waals surface area contributed by atoms with Crippen LogP contribution in [-0.2, 0) is 0 Å². The summed E-state index contributed by atoms with van der Waals surface area (Å²) in [4.78, 5) is 16.4. The van der Waals surface area contributed by atoms with Crippen molar-refractivity contribution in [3.8, 4) is 5.75 Å². The summed E-state index contributed by atoms with van der Waals surface area (Å²) in [5, 5.41) is 10.1. The highest BCUT2D eigenvalue weighted by Crippen LogP contribution is 2.25. The minimum atomic E-state index is -0.166. The van der Waals surface area contributed by atoms with Gasteiger partial charge in [-0.15, -0.1) is 0 Å². The van der Waals surface area contributed by atoms with Gasteiger partial charge in [0.05, 0.1) is 29.0 Å². The minimum absolute atomic E-state index is 0.0271. The number of pyridine rings is 1. The van der Waals surface area contributed by atoms with Gasteiger partial charge in [0.15, 0.2) is 5.75 Å². The van der Waals surface area contributed by atoms with Crippen LogP contribution in [0.5, 0.6) is 5.75 Å². The van der Waals surface area contributed by atoms with Crippen molar-refractivity contribution in [2.75, 3.05) is 0 Å². The maximum absolute atomic E-state index is 12.4. The van der Waals surface area contributed by atoms with Gasteiger partial charge < -0.3 is 10.1 Å². The fourth-order valence-electron chi connectivity index (χ4n) is 2.69. The van der Waals surface area contributed by atoms with E-state index in [0.29, 0.717) is 16.3 Å². The number of aromatic nitrogens is 3. The maximum atomic E-state index is 12.4. The molecule has 2 aromatic rings. The molecule has 1 saturated carbocycles. The van der Waals surface area contributed by atoms with Gasteiger partial charge in [-0.25, -0.2) is 0 Å². The molecular formula is C15H17ClN4O2. The molecule has 22 heavy (non-hydrogen) atoms. The highest BCUT2D eigenvalue weighted by molar-refractivity contribution is 6.31. The number of amides is 1. The summed E-state index contributed by atoms with van der Waals surface area (Å²) in [7, 11) is 0. The summed E-state index contributed by atoms with van der Waals surface area (Å²) in [6, 6.07) is -0.0271. The lowest BCUT2D eigenvalue weighted by Crippen LogP contribution is -2.42. The smallest absolute Gasteiger partial charge is 0.253 e. The van der Waals surface area contributed by atoms with Crippen molar-refractivity contribution in [1.82, 2.24) is 20.5 Å². The molecule has 0 aromatic carbocycles. The van der Waals surface area contributed by atoms with Crippen molar-refractivity contribution in [2.24, 2.45) is 0 Å². The molecular weight excluding hydrogens is 304 g/mol. The summed E-state index contributed by atoms with van der Waals surface area (Å²) < 4.78 is 5.87. The van der Waals surface area contributed by atoms with Crippen LogP contribution in [0.1, 0.15) is 35.2 Å². The average Bonchev–Trinajstić information content (AvgIpc) is 3.15. The van der Waals surface area contributed by atoms with E-state index in [1.165, 1.54) is 12.4 Å². The van der Waals surface area contributed by atoms with Gasteiger partial charge in [0.2, 0.25) is 0 Å². The van der Waals surface area contributed by atoms with E-state index in [1.807, 2.05) is 6.92 Å². The second-order valence-electron chi connectivity index (χ2n) is 5.40. The zero-order valence-electron chi connectivity index (χ0n) is 12.2. The number of rotatable bonds is 4. The predicted octanol–water partition coefficient (Wildman–Crippen LogP) is 2.50. The molecule has 3 rings (SSSR count). The van der Waals surface area contributed by atoms with Crippen LogP contribution in [0, 0.1) is 6.92 Å². The van der Waals surface area contributed by atoms with Gasteiger partial charge in [-0.1, -0.05) is 11.6 Å². The number of nitrogens with one attached hydrogen (secondary N) is 2. The van der Waals surface area contributed by atoms with Gasteiger partial charge in [-0.3, -0.25) is 14.9 Å². The summed E-state index contributed by atoms with van der Waals surface area (Å²) >= 11 is 6.02. The molecule has 1 aliphatic carbocycles. The predicted molar refractivity (Wildman–Crippen MR) is 82.1 cm³/mol. The van der Waals surface area contributed by atoms with Crippen molar-refractivity contribution in [2.45, 2.75) is 38.3 Å². The highest BCUT2D eigenvalue weighted by Gasteiger charge is 2.31. The van der Waals surface area contributed by atoms with Gasteiger partial charge in [0.25, 0.3) is 5.91 Å². The largest absolute Gasteiger partial charge is 0.485 e. The van der Waals surface area contributed by atoms with E-state index in [0.717, 1.165) is 24.8 Å². The van der Waals surface area contributed by atoms with Crippen LogP contribution in [0.4, 0.5) is 0 Å². The van der Waals surface area contributed by atoms with Gasteiger partial charge in [-0.05, 0) is 31.7 Å². The molecule has 1 aliphatic rings. The van der Waals surface area contributed by atoms with Crippen molar-refractivity contribution in [3.05, 3.63) is 40.9 Å². The van der Waals surface area contributed by atoms with Gasteiger partial charge in [-0.2, -0.15) is 5.10 Å². The van der Waals surface area contributed by atoms with Crippen LogP contribution in [0.25, 0.3) is 0 Å². The summed E-state index contributed by atoms with van der Waals surface area (Å²) in [6.45, 7) is 1.81. The van der Waals surface area contributed by atoms with Crippen LogP contribution >= 0.6 is 11.6 Å². The molecule has 116 valence electrons. The lowest BCUT2D eigenvalue weighted by molar-refractivity contribution is 0.0893. The Morgan fingerprint density at radius 3 is 3.05 bits per heavy atom. The maximum Gasteiger partial charge on any atom is 0.253 e. The lowest BCUT2D eigenvalue weighted by Gasteiger charge is -2.22. The van der Waals surface area contributed by atoms with Crippen molar-refractivity contribution in [1.29, 1.82) is 0 Å². The number of nitrogens with zero attached hydrogens (tertiary/aromatic N) is 2. The first-order chi connectivity index (χ1) is 10.6. The first-order valence-electron chi connectivity index (χ1n) is 7.21. The normalized spacial score (nSPS) is 20.8. The quantitative estimate of drug-likeness (QED) is 0.907. The molecule has 2 atom stereocenters. The molecule has 2 aromatic heterocycles. The van der Waals surface area contributed by atoms with E-state index in [1.54, 1.807) is 12.4 Å². The molecule has 2 heterocycles. The van der Waals surface area contributed by atoms with E-state index in [9.17, 15) is 4.79 Å². The Morgan fingerprint density at radius 1 is 1.41 bits per heavy atom. The van der Waals surface area contributed by atoms with E-state index in [4.69, 9.17) is 16.3 Å². The van der Waals surface area contributed by atoms with Crippen LogP contribution in [0.15, 0.2) is 24.8 Å². The number of ether oxygens (including phenoxy) is 1. The SMILES string of the molecule is Cc1c(Cl)cncc1C(=O)N[C@H]1CCC[C@H]1Oc1cn[nH]c1. The Hall–Kier alpha value is -2.08. The Bertz CT molecular complexity index is 660. The second kappa shape index (κ2) is 6.36. The third-order valence-electron chi connectivity index (χ3n) is 3.93. The fraction of sp³-hybridized carbons (Fsp3) is 0.400. The van der Waals surface area contributed by atoms with Gasteiger partial charge in [0.1, 0.15) is 6.10 Å². The summed E-state index contributed by atoms with van der Waals surface area (Å²) in [5.74, 6) is 0.520. The molecule has 0 saturated heterocycles. The number of carbonyl (C=O) groups is 1. The average molecular weight is 321 g/mol. The molecule has 0 spiro atoms. The number of H-pyrrole nitrogens is 1. The number of aromatic amines is 1. The van der Waals surface area contributed by atoms with Crippen LogP contribution < -0.4 is 10.1 Å². The summed E-state index contributed by atoms with van der Waals surface area (Å²) in [5.41, 5.74) is 1.24. The number of carbonyl (C=O) groups excluding carboxylic acids is 1. The molecule has 0 unspecified atom stereocenters. The molecule has 2 N–H and O–H groups in total. The van der Waals surface area contributed by atoms with Gasteiger partial charge in [0, 0.05) is 12.4 Å². The van der Waals surface area contributed by atoms with Crippen molar-refractivity contribution < 1.29 is 9.53 Å². The standard InChI is InChI=1S/C15H17ClN4O2/c1-9-11(7-17-8-12(9)16)15(21)20-13-3-2-4-14(13)22-10-5-18-19-6-10/h5-8,13-14H,2-4H2,1H3,(H,18,19)(H,20,21)/t13-,14+/m0/s1. The molecule has 1 fully saturated rings. The van der Waals surface area contributed by atoms with E-state index in [2.05, 4.69) is 20.5 Å². The second-order valence-corrected chi connectivity index (χ2v) is 5.80. The summed E-state index contributed by atoms with van der Waals surface area (Å²) in [6.07, 6.45) is 9.16. The lowest BCUT2D eigenvalue weighted by atomic mass is 10.1. The molecule has 7 heteroatoms. The number of halogens is 1. The zero-order valence-corrected chi connectivity index (χ0v) is 12.9. The molecule has 0 bridgehead atoms. The Kier molecular flexibility index (Phi) is 4.29. The first-order valence-corrected chi connectivity index (χ1v) is 7.59. The molecule has 6 nitrogen and oxygen atoms in total. The highest BCUT2D eigenvalue weighted by atomic mass is 35.5. The van der Waals surface area contributed by atoms with Crippen molar-refractivity contribution in [3.63, 3.8) is 0 Å². The Labute approximate surface area is 133 Å². The van der Waals surface area contributed by atoms with Gasteiger partial charge >= 0.3 is 0 Å². The van der Waals surface area contributed by atoms with E-state index >= 15 is 0 Å². The van der Waals surface area contributed by atoms with Crippen LogP contribution in [0.3, 0.4) is 0 Å². The topological polar surface area (TPSA) is 79.9 Å². The van der Waals surface area contributed by atoms with E-state index < -0.39 is 0 Å². The number of hydrogen-bond donors (Lipinski definition) is 2. The van der Waals surface area contributed by atoms with Crippen molar-refractivity contribution >= 4 is 17.5 Å². The molecule has 0 radical (unpaired) electrons.